The van der Waals surface area contributed by atoms with Crippen LogP contribution in [0.1, 0.15) is 83.2 Å². The van der Waals surface area contributed by atoms with Crippen molar-refractivity contribution in [1.82, 2.24) is 9.80 Å². The quantitative estimate of drug-likeness (QED) is 0.121. The molecule has 0 spiro atoms. The van der Waals surface area contributed by atoms with Gasteiger partial charge in [0.05, 0.1) is 65.4 Å². The van der Waals surface area contributed by atoms with Crippen LogP contribution in [0.25, 0.3) is 0 Å². The summed E-state index contributed by atoms with van der Waals surface area (Å²) in [5, 5.41) is 0. The number of piperazine rings is 2. The molecule has 0 N–H and O–H groups in total. The van der Waals surface area contributed by atoms with E-state index in [1.165, 1.54) is 38.5 Å². The predicted molar refractivity (Wildman–Crippen MR) is 212 cm³/mol. The molecule has 6 rings (SSSR count). The van der Waals surface area contributed by atoms with Crippen molar-refractivity contribution < 1.29 is 61.3 Å². The van der Waals surface area contributed by atoms with Gasteiger partial charge in [0.15, 0.2) is 0 Å². The summed E-state index contributed by atoms with van der Waals surface area (Å²) in [7, 11) is 0. The van der Waals surface area contributed by atoms with Crippen LogP contribution in [0.4, 0.5) is 8.78 Å². The Hall–Kier alpha value is -3.44. The summed E-state index contributed by atoms with van der Waals surface area (Å²) >= 11 is 0. The summed E-state index contributed by atoms with van der Waals surface area (Å²) in [6.07, 6.45) is 9.64. The number of rotatable bonds is 17. The zero-order valence-corrected chi connectivity index (χ0v) is 35.8. The average Bonchev–Trinajstić information content (AvgIpc) is 3.21. The zero-order chi connectivity index (χ0) is 37.6. The minimum Gasteiger partial charge on any atom is -1.00 e. The molecule has 10 heteroatoms. The van der Waals surface area contributed by atoms with Crippen LogP contribution in [-0.2, 0) is 13.1 Å². The molecule has 0 saturated carbocycles. The highest BCUT2D eigenvalue weighted by molar-refractivity contribution is 5.94. The van der Waals surface area contributed by atoms with Crippen LogP contribution >= 0.6 is 0 Å². The van der Waals surface area contributed by atoms with Crippen LogP contribution in [0.2, 0.25) is 0 Å². The Balaban J connectivity index is 0.00000348. The van der Waals surface area contributed by atoms with Gasteiger partial charge >= 0.3 is 0 Å². The number of nitrogens with zero attached hydrogens (tertiary/aromatic N) is 4. The summed E-state index contributed by atoms with van der Waals surface area (Å²) in [4.78, 5) is 30.3. The van der Waals surface area contributed by atoms with Gasteiger partial charge in [0.25, 0.3) is 11.8 Å². The molecule has 0 aromatic heterocycles. The van der Waals surface area contributed by atoms with Crippen molar-refractivity contribution >= 4 is 11.8 Å². The average molecular weight is 897 g/mol. The lowest BCUT2D eigenvalue weighted by atomic mass is 10.0. The molecule has 4 aromatic rings. The van der Waals surface area contributed by atoms with Crippen LogP contribution in [0.5, 0.6) is 0 Å². The molecule has 2 aliphatic heterocycles. The van der Waals surface area contributed by atoms with Gasteiger partial charge in [0.2, 0.25) is 0 Å². The standard InChI is InChI=1S/C46H58F2N4O2.2BrH/c47-43-23-19-39(20-24-43)37-51(33-27-49(28-34-51)45(53)41-15-9-7-10-16-41)31-13-5-3-1-2-4-6-14-32-52(38-40-21-25-44(48)26-22-40)35-29-50(30-36-52)46(54)42-17-11-8-12-18-42;;/h7-12,15-26H,1-6,13-14,27-38H2;2*1H/q+2;;/p-2. The van der Waals surface area contributed by atoms with Gasteiger partial charge in [-0.3, -0.25) is 9.59 Å². The maximum atomic E-state index is 13.7. The van der Waals surface area contributed by atoms with Crippen molar-refractivity contribution in [2.45, 2.75) is 64.5 Å². The molecule has 0 aliphatic carbocycles. The first-order valence-corrected chi connectivity index (χ1v) is 20.2. The maximum absolute atomic E-state index is 13.7. The summed E-state index contributed by atoms with van der Waals surface area (Å²) < 4.78 is 29.3. The fourth-order valence-corrected chi connectivity index (χ4v) is 8.54. The first kappa shape index (κ1) is 45.3. The number of amides is 2. The molecule has 0 atom stereocenters. The van der Waals surface area contributed by atoms with Crippen molar-refractivity contribution in [3.8, 4) is 0 Å². The van der Waals surface area contributed by atoms with Crippen LogP contribution in [0.15, 0.2) is 109 Å². The summed E-state index contributed by atoms with van der Waals surface area (Å²) in [6, 6.07) is 33.0. The number of hydrogen-bond acceptors (Lipinski definition) is 2. The number of benzene rings is 4. The lowest BCUT2D eigenvalue weighted by Crippen LogP contribution is -3.00. The van der Waals surface area contributed by atoms with Gasteiger partial charge in [-0.1, -0.05) is 86.3 Å². The van der Waals surface area contributed by atoms with E-state index < -0.39 is 0 Å². The fourth-order valence-electron chi connectivity index (χ4n) is 8.54. The van der Waals surface area contributed by atoms with Gasteiger partial charge in [-0.25, -0.2) is 8.78 Å². The fraction of sp³-hybridized carbons (Fsp3) is 0.435. The molecular weight excluding hydrogens is 838 g/mol. The second-order valence-electron chi connectivity index (χ2n) is 15.7. The molecule has 2 amide bonds. The van der Waals surface area contributed by atoms with E-state index in [-0.39, 0.29) is 57.4 Å². The van der Waals surface area contributed by atoms with E-state index in [1.807, 2.05) is 94.7 Å². The maximum Gasteiger partial charge on any atom is 0.254 e. The smallest absolute Gasteiger partial charge is 0.254 e. The third-order valence-corrected chi connectivity index (χ3v) is 11.9. The van der Waals surface area contributed by atoms with E-state index in [0.717, 1.165) is 123 Å². The molecule has 2 fully saturated rings. The van der Waals surface area contributed by atoms with Gasteiger partial charge in [-0.15, -0.1) is 0 Å². The lowest BCUT2D eigenvalue weighted by molar-refractivity contribution is -0.944. The van der Waals surface area contributed by atoms with E-state index in [1.54, 1.807) is 24.3 Å². The molecule has 2 saturated heterocycles. The Morgan fingerprint density at radius 1 is 0.446 bits per heavy atom. The molecule has 56 heavy (non-hydrogen) atoms. The second kappa shape index (κ2) is 22.5. The van der Waals surface area contributed by atoms with Crippen LogP contribution < -0.4 is 34.0 Å². The van der Waals surface area contributed by atoms with Crippen LogP contribution in [0, 0.1) is 11.6 Å². The minimum atomic E-state index is -0.204. The van der Waals surface area contributed by atoms with E-state index in [9.17, 15) is 18.4 Å². The summed E-state index contributed by atoms with van der Waals surface area (Å²) in [5.74, 6) is -0.190. The SMILES string of the molecule is O=C(c1ccccc1)N1CC[N+](CCCCCCCCCC[N+]2(Cc3ccc(F)cc3)CCN(C(=O)c3ccccc3)CC2)(Cc2ccc(F)cc2)CC1.[Br-].[Br-]. The van der Waals surface area contributed by atoms with Crippen LogP contribution in [-0.4, -0.2) is 96.0 Å². The van der Waals surface area contributed by atoms with Crippen LogP contribution in [0.3, 0.4) is 0 Å². The molecule has 2 heterocycles. The highest BCUT2D eigenvalue weighted by Gasteiger charge is 2.36. The van der Waals surface area contributed by atoms with Crippen molar-refractivity contribution in [3.05, 3.63) is 143 Å². The highest BCUT2D eigenvalue weighted by atomic mass is 79.9. The van der Waals surface area contributed by atoms with E-state index in [0.29, 0.717) is 0 Å². The molecule has 4 aromatic carbocycles. The third kappa shape index (κ3) is 13.0. The number of carbonyl (C=O) groups is 2. The normalized spacial score (nSPS) is 16.0. The zero-order valence-electron chi connectivity index (χ0n) is 32.7. The summed E-state index contributed by atoms with van der Waals surface area (Å²) in [6.45, 7) is 10.5. The molecule has 6 nitrogen and oxygen atoms in total. The topological polar surface area (TPSA) is 40.6 Å². The van der Waals surface area contributed by atoms with E-state index in [4.69, 9.17) is 0 Å². The monoisotopic (exact) mass is 894 g/mol. The molecular formula is C46H58Br2F2N4O2. The Kier molecular flexibility index (Phi) is 18.2. The van der Waals surface area contributed by atoms with E-state index in [2.05, 4.69) is 0 Å². The van der Waals surface area contributed by atoms with E-state index >= 15 is 0 Å². The largest absolute Gasteiger partial charge is 1.00 e. The second-order valence-corrected chi connectivity index (χ2v) is 15.7. The Morgan fingerprint density at radius 2 is 0.750 bits per heavy atom. The van der Waals surface area contributed by atoms with Gasteiger partial charge in [-0.05, 0) is 74.2 Å². The predicted octanol–water partition coefficient (Wildman–Crippen LogP) is 2.74. The number of halogens is 4. The summed E-state index contributed by atoms with van der Waals surface area (Å²) in [5.41, 5.74) is 3.81. The first-order chi connectivity index (χ1) is 26.3. The molecule has 2 aliphatic rings. The third-order valence-electron chi connectivity index (χ3n) is 11.9. The van der Waals surface area contributed by atoms with Gasteiger partial charge in [0, 0.05) is 22.3 Å². The Labute approximate surface area is 354 Å². The Morgan fingerprint density at radius 3 is 1.07 bits per heavy atom. The first-order valence-electron chi connectivity index (χ1n) is 20.2. The molecule has 0 unspecified atom stereocenters. The minimum absolute atomic E-state index is 0. The number of quaternary nitrogens is 2. The lowest BCUT2D eigenvalue weighted by Gasteiger charge is -2.45. The number of carbonyl (C=O) groups excluding carboxylic acids is 2. The molecule has 302 valence electrons. The number of hydrogen-bond donors (Lipinski definition) is 0. The van der Waals surface area contributed by atoms with Crippen molar-refractivity contribution in [3.63, 3.8) is 0 Å². The number of unbranched alkanes of at least 4 members (excludes halogenated alkanes) is 7. The van der Waals surface area contributed by atoms with Gasteiger partial charge in [-0.2, -0.15) is 0 Å². The Bertz CT molecular complexity index is 1620. The highest BCUT2D eigenvalue weighted by Crippen LogP contribution is 2.24. The van der Waals surface area contributed by atoms with Crippen molar-refractivity contribution in [2.75, 3.05) is 65.4 Å². The molecule has 0 bridgehead atoms. The van der Waals surface area contributed by atoms with Gasteiger partial charge in [0.1, 0.15) is 24.7 Å². The van der Waals surface area contributed by atoms with Crippen molar-refractivity contribution in [2.24, 2.45) is 0 Å². The molecule has 0 radical (unpaired) electrons. The van der Waals surface area contributed by atoms with Gasteiger partial charge < -0.3 is 52.7 Å². The van der Waals surface area contributed by atoms with Crippen molar-refractivity contribution in [1.29, 1.82) is 0 Å².